The van der Waals surface area contributed by atoms with Crippen LogP contribution in [0.2, 0.25) is 0 Å². The Morgan fingerprint density at radius 2 is 0.882 bits per heavy atom. The van der Waals surface area contributed by atoms with Gasteiger partial charge in [0.25, 0.3) is 0 Å². The molecule has 0 unspecified atom stereocenters. The van der Waals surface area contributed by atoms with Crippen molar-refractivity contribution in [1.82, 2.24) is 9.13 Å². The van der Waals surface area contributed by atoms with Gasteiger partial charge in [-0.25, -0.2) is 0 Å². The molecule has 3 heterocycles. The van der Waals surface area contributed by atoms with Gasteiger partial charge in [0.05, 0.1) is 27.8 Å². The second kappa shape index (κ2) is 11.0. The number of benzene rings is 8. The van der Waals surface area contributed by atoms with Crippen LogP contribution in [0.15, 0.2) is 182 Å². The van der Waals surface area contributed by atoms with Gasteiger partial charge in [0.1, 0.15) is 0 Å². The van der Waals surface area contributed by atoms with Gasteiger partial charge in [-0.15, -0.1) is 11.3 Å². The summed E-state index contributed by atoms with van der Waals surface area (Å²) in [7, 11) is 0. The van der Waals surface area contributed by atoms with Crippen LogP contribution < -0.4 is 0 Å². The Morgan fingerprint density at radius 3 is 1.63 bits per heavy atom. The SMILES string of the molecule is c1ccc(-c2cccc(-c3cccc4sc5cccc(-n6c7ccccc7c7cc(-n8c9ccccc9c9ccccc98)ccc76)c5c34)c2)cc1. The Kier molecular flexibility index (Phi) is 6.16. The highest BCUT2D eigenvalue weighted by Gasteiger charge is 2.20. The summed E-state index contributed by atoms with van der Waals surface area (Å²) in [4.78, 5) is 0. The summed E-state index contributed by atoms with van der Waals surface area (Å²) >= 11 is 1.88. The van der Waals surface area contributed by atoms with E-state index in [-0.39, 0.29) is 0 Å². The number of hydrogen-bond donors (Lipinski definition) is 0. The van der Waals surface area contributed by atoms with Crippen molar-refractivity contribution < 1.29 is 0 Å². The third-order valence-electron chi connectivity index (χ3n) is 10.5. The van der Waals surface area contributed by atoms with Crippen LogP contribution in [0.3, 0.4) is 0 Å². The molecule has 0 saturated heterocycles. The maximum absolute atomic E-state index is 2.49. The van der Waals surface area contributed by atoms with Crippen LogP contribution in [0.5, 0.6) is 0 Å². The summed E-state index contributed by atoms with van der Waals surface area (Å²) in [5.74, 6) is 0. The topological polar surface area (TPSA) is 9.86 Å². The van der Waals surface area contributed by atoms with Gasteiger partial charge in [-0.1, -0.05) is 121 Å². The van der Waals surface area contributed by atoms with E-state index < -0.39 is 0 Å². The van der Waals surface area contributed by atoms with Crippen molar-refractivity contribution in [3.8, 4) is 33.6 Å². The maximum Gasteiger partial charge on any atom is 0.0555 e. The van der Waals surface area contributed by atoms with Gasteiger partial charge in [-0.05, 0) is 82.9 Å². The van der Waals surface area contributed by atoms with Crippen molar-refractivity contribution in [2.45, 2.75) is 0 Å². The lowest BCUT2D eigenvalue weighted by Gasteiger charge is -2.13. The Morgan fingerprint density at radius 1 is 0.333 bits per heavy atom. The van der Waals surface area contributed by atoms with E-state index in [1.54, 1.807) is 0 Å². The standard InChI is InChI=1S/C48H30N2S/c1-2-13-31(14-3-1)32-15-10-16-33(29-32)35-20-11-25-45-47(35)48-44(24-12-26-46(48)51-45)50-42-23-9-6-19-38(42)39-30-34(27-28-43(39)50)49-40-21-7-4-17-36(40)37-18-5-8-22-41(37)49/h1-30H. The van der Waals surface area contributed by atoms with Crippen molar-refractivity contribution in [3.05, 3.63) is 182 Å². The van der Waals surface area contributed by atoms with E-state index in [2.05, 4.69) is 191 Å². The lowest BCUT2D eigenvalue weighted by Crippen LogP contribution is -1.96. The van der Waals surface area contributed by atoms with E-state index in [0.717, 1.165) is 0 Å². The molecule has 0 aliphatic carbocycles. The number of nitrogens with zero attached hydrogens (tertiary/aromatic N) is 2. The number of hydrogen-bond acceptors (Lipinski definition) is 1. The molecule has 8 aromatic carbocycles. The zero-order valence-corrected chi connectivity index (χ0v) is 28.4. The average Bonchev–Trinajstić information content (AvgIpc) is 3.86. The van der Waals surface area contributed by atoms with E-state index in [1.165, 1.54) is 97.4 Å². The molecule has 238 valence electrons. The normalized spacial score (nSPS) is 11.9. The highest BCUT2D eigenvalue weighted by molar-refractivity contribution is 7.26. The minimum absolute atomic E-state index is 1.17. The molecule has 0 N–H and O–H groups in total. The lowest BCUT2D eigenvalue weighted by molar-refractivity contribution is 1.17. The molecule has 0 fully saturated rings. The van der Waals surface area contributed by atoms with Crippen molar-refractivity contribution in [3.63, 3.8) is 0 Å². The summed E-state index contributed by atoms with van der Waals surface area (Å²) in [6.07, 6.45) is 0. The second-order valence-electron chi connectivity index (χ2n) is 13.3. The van der Waals surface area contributed by atoms with Gasteiger partial charge in [0.2, 0.25) is 0 Å². The first kappa shape index (κ1) is 28.4. The van der Waals surface area contributed by atoms with E-state index in [4.69, 9.17) is 0 Å². The number of aromatic nitrogens is 2. The molecule has 2 nitrogen and oxygen atoms in total. The van der Waals surface area contributed by atoms with E-state index in [0.29, 0.717) is 0 Å². The smallest absolute Gasteiger partial charge is 0.0555 e. The molecular formula is C48H30N2S. The van der Waals surface area contributed by atoms with E-state index >= 15 is 0 Å². The molecule has 11 rings (SSSR count). The Balaban J connectivity index is 1.18. The number of fused-ring (bicyclic) bond motifs is 9. The monoisotopic (exact) mass is 666 g/mol. The van der Waals surface area contributed by atoms with E-state index in [1.807, 2.05) is 11.3 Å². The van der Waals surface area contributed by atoms with Crippen molar-refractivity contribution in [2.24, 2.45) is 0 Å². The predicted octanol–water partition coefficient (Wildman–Crippen LogP) is 13.6. The predicted molar refractivity (Wildman–Crippen MR) is 219 cm³/mol. The average molecular weight is 667 g/mol. The molecule has 3 heteroatoms. The van der Waals surface area contributed by atoms with Crippen LogP contribution >= 0.6 is 11.3 Å². The first-order valence-electron chi connectivity index (χ1n) is 17.4. The van der Waals surface area contributed by atoms with Gasteiger partial charge in [0.15, 0.2) is 0 Å². The second-order valence-corrected chi connectivity index (χ2v) is 14.4. The van der Waals surface area contributed by atoms with Crippen molar-refractivity contribution >= 4 is 75.1 Å². The molecule has 51 heavy (non-hydrogen) atoms. The molecule has 0 atom stereocenters. The van der Waals surface area contributed by atoms with Crippen LogP contribution in [-0.4, -0.2) is 9.13 Å². The van der Waals surface area contributed by atoms with Crippen LogP contribution in [0.1, 0.15) is 0 Å². The van der Waals surface area contributed by atoms with E-state index in [9.17, 15) is 0 Å². The van der Waals surface area contributed by atoms with Crippen LogP contribution in [-0.2, 0) is 0 Å². The largest absolute Gasteiger partial charge is 0.309 e. The Labute approximate surface area is 298 Å². The molecule has 0 amide bonds. The molecule has 0 aliphatic heterocycles. The minimum Gasteiger partial charge on any atom is -0.309 e. The number of para-hydroxylation sites is 3. The van der Waals surface area contributed by atoms with Crippen molar-refractivity contribution in [1.29, 1.82) is 0 Å². The molecule has 11 aromatic rings. The lowest BCUT2D eigenvalue weighted by atomic mass is 9.95. The van der Waals surface area contributed by atoms with Crippen LogP contribution in [0.4, 0.5) is 0 Å². The fourth-order valence-corrected chi connectivity index (χ4v) is 9.49. The quantitative estimate of drug-likeness (QED) is 0.177. The minimum atomic E-state index is 1.17. The number of thiophene rings is 1. The first-order chi connectivity index (χ1) is 25.3. The Hall–Kier alpha value is -6.42. The summed E-state index contributed by atoms with van der Waals surface area (Å²) in [5, 5.41) is 7.66. The zero-order chi connectivity index (χ0) is 33.5. The van der Waals surface area contributed by atoms with Gasteiger partial charge in [-0.2, -0.15) is 0 Å². The highest BCUT2D eigenvalue weighted by atomic mass is 32.1. The zero-order valence-electron chi connectivity index (χ0n) is 27.6. The fourth-order valence-electron chi connectivity index (χ4n) is 8.33. The molecule has 3 aromatic heterocycles. The molecule has 0 aliphatic rings. The molecule has 0 radical (unpaired) electrons. The highest BCUT2D eigenvalue weighted by Crippen LogP contribution is 2.45. The first-order valence-corrected chi connectivity index (χ1v) is 18.3. The third kappa shape index (κ3) is 4.22. The summed E-state index contributed by atoms with van der Waals surface area (Å²) in [6.45, 7) is 0. The molecule has 0 spiro atoms. The van der Waals surface area contributed by atoms with Gasteiger partial charge < -0.3 is 9.13 Å². The van der Waals surface area contributed by atoms with Crippen molar-refractivity contribution in [2.75, 3.05) is 0 Å². The molecular weight excluding hydrogens is 637 g/mol. The van der Waals surface area contributed by atoms with Gasteiger partial charge >= 0.3 is 0 Å². The fraction of sp³-hybridized carbons (Fsp3) is 0. The summed E-state index contributed by atoms with van der Waals surface area (Å²) in [5.41, 5.74) is 12.2. The third-order valence-corrected chi connectivity index (χ3v) is 11.6. The van der Waals surface area contributed by atoms with Gasteiger partial charge in [0, 0.05) is 47.4 Å². The molecule has 0 saturated carbocycles. The Bertz CT molecular complexity index is 3090. The van der Waals surface area contributed by atoms with Crippen LogP contribution in [0, 0.1) is 0 Å². The van der Waals surface area contributed by atoms with Crippen LogP contribution in [0.25, 0.3) is 97.4 Å². The summed E-state index contributed by atoms with van der Waals surface area (Å²) < 4.78 is 7.50. The maximum atomic E-state index is 2.49. The molecule has 0 bridgehead atoms. The number of rotatable bonds is 4. The summed E-state index contributed by atoms with van der Waals surface area (Å²) in [6, 6.07) is 66.6. The van der Waals surface area contributed by atoms with Gasteiger partial charge in [-0.3, -0.25) is 0 Å².